The summed E-state index contributed by atoms with van der Waals surface area (Å²) in [6.07, 6.45) is 0. The van der Waals surface area contributed by atoms with Gasteiger partial charge in [-0.05, 0) is 25.1 Å². The van der Waals surface area contributed by atoms with Crippen LogP contribution in [0.1, 0.15) is 24.4 Å². The van der Waals surface area contributed by atoms with Crippen molar-refractivity contribution in [3.8, 4) is 5.75 Å². The van der Waals surface area contributed by atoms with Crippen molar-refractivity contribution in [2.24, 2.45) is 7.05 Å². The maximum Gasteiger partial charge on any atom is 0.387 e. The number of nitrogens with zero attached hydrogens (tertiary/aromatic N) is 2. The third-order valence-electron chi connectivity index (χ3n) is 3.14. The molecule has 1 heterocycles. The first-order valence-electron chi connectivity index (χ1n) is 6.46. The van der Waals surface area contributed by atoms with E-state index < -0.39 is 6.61 Å². The molecule has 22 heavy (non-hydrogen) atoms. The van der Waals surface area contributed by atoms with Gasteiger partial charge in [0.25, 0.3) is 0 Å². The van der Waals surface area contributed by atoms with Crippen LogP contribution in [-0.2, 0) is 13.6 Å². The Kier molecular flexibility index (Phi) is 5.15. The number of nitrogens with one attached hydrogen (secondary N) is 2. The number of rotatable bonds is 6. The molecular weight excluding hydrogens is 318 g/mol. The molecule has 0 fully saturated rings. The topological polar surface area (TPSA) is 71.9 Å². The lowest BCUT2D eigenvalue weighted by atomic mass is 10.2. The minimum Gasteiger partial charge on any atom is -0.434 e. The fraction of sp³-hybridized carbons (Fsp3) is 0.385. The van der Waals surface area contributed by atoms with Crippen LogP contribution in [0.5, 0.6) is 5.75 Å². The fourth-order valence-corrected chi connectivity index (χ4v) is 2.19. The van der Waals surface area contributed by atoms with E-state index >= 15 is 0 Å². The second-order valence-electron chi connectivity index (χ2n) is 4.68. The number of H-pyrrole nitrogens is 1. The maximum absolute atomic E-state index is 12.4. The number of hydrogen-bond donors (Lipinski definition) is 2. The summed E-state index contributed by atoms with van der Waals surface area (Å²) >= 11 is 5.88. The van der Waals surface area contributed by atoms with E-state index in [2.05, 4.69) is 20.3 Å². The molecule has 0 aliphatic carbocycles. The standard InChI is InChI=1S/C13H15ClF2N4O2/c1-7(11-18-19-13(21)20(11)2)17-6-8-5-9(14)3-4-10(8)22-12(15)16/h3-5,7,12,17H,6H2,1-2H3,(H,19,21). The second kappa shape index (κ2) is 6.89. The number of benzene rings is 1. The van der Waals surface area contributed by atoms with Gasteiger partial charge < -0.3 is 10.1 Å². The van der Waals surface area contributed by atoms with Crippen molar-refractivity contribution in [1.29, 1.82) is 0 Å². The molecule has 120 valence electrons. The zero-order chi connectivity index (χ0) is 16.3. The molecule has 1 aromatic heterocycles. The van der Waals surface area contributed by atoms with E-state index in [1.165, 1.54) is 16.7 Å². The van der Waals surface area contributed by atoms with Crippen molar-refractivity contribution in [2.75, 3.05) is 0 Å². The van der Waals surface area contributed by atoms with Crippen molar-refractivity contribution in [1.82, 2.24) is 20.1 Å². The van der Waals surface area contributed by atoms with Crippen molar-refractivity contribution in [3.05, 3.63) is 45.1 Å². The largest absolute Gasteiger partial charge is 0.434 e. The quantitative estimate of drug-likeness (QED) is 0.851. The zero-order valence-electron chi connectivity index (χ0n) is 11.9. The molecule has 0 spiro atoms. The molecule has 1 unspecified atom stereocenters. The van der Waals surface area contributed by atoms with Gasteiger partial charge in [0.05, 0.1) is 6.04 Å². The molecule has 2 aromatic rings. The van der Waals surface area contributed by atoms with Crippen LogP contribution in [0.4, 0.5) is 8.78 Å². The molecule has 0 radical (unpaired) electrons. The first kappa shape index (κ1) is 16.4. The Bertz CT molecular complexity index is 702. The van der Waals surface area contributed by atoms with Crippen LogP contribution < -0.4 is 15.7 Å². The summed E-state index contributed by atoms with van der Waals surface area (Å²) in [7, 11) is 1.59. The van der Waals surface area contributed by atoms with Crippen molar-refractivity contribution < 1.29 is 13.5 Å². The van der Waals surface area contributed by atoms with Crippen LogP contribution in [0, 0.1) is 0 Å². The number of aromatic nitrogens is 3. The molecule has 1 atom stereocenters. The van der Waals surface area contributed by atoms with Gasteiger partial charge in [0.15, 0.2) is 0 Å². The number of alkyl halides is 2. The minimum absolute atomic E-state index is 0.0509. The molecule has 0 aliphatic heterocycles. The zero-order valence-corrected chi connectivity index (χ0v) is 12.7. The average Bonchev–Trinajstić information content (AvgIpc) is 2.78. The third kappa shape index (κ3) is 3.83. The summed E-state index contributed by atoms with van der Waals surface area (Å²) in [5.41, 5.74) is 0.160. The summed E-state index contributed by atoms with van der Waals surface area (Å²) in [6.45, 7) is -0.886. The number of hydrogen-bond acceptors (Lipinski definition) is 4. The molecule has 0 aliphatic rings. The fourth-order valence-electron chi connectivity index (χ4n) is 2.00. The van der Waals surface area contributed by atoms with Gasteiger partial charge in [0.2, 0.25) is 0 Å². The Balaban J connectivity index is 2.12. The van der Waals surface area contributed by atoms with Gasteiger partial charge in [-0.2, -0.15) is 13.9 Å². The van der Waals surface area contributed by atoms with Gasteiger partial charge in [-0.3, -0.25) is 4.57 Å². The van der Waals surface area contributed by atoms with Crippen LogP contribution in [0.25, 0.3) is 0 Å². The summed E-state index contributed by atoms with van der Waals surface area (Å²) < 4.78 is 30.6. The smallest absolute Gasteiger partial charge is 0.387 e. The van der Waals surface area contributed by atoms with E-state index in [9.17, 15) is 13.6 Å². The lowest BCUT2D eigenvalue weighted by Gasteiger charge is -2.15. The van der Waals surface area contributed by atoms with Crippen molar-refractivity contribution in [2.45, 2.75) is 26.1 Å². The number of halogens is 3. The summed E-state index contributed by atoms with van der Waals surface area (Å²) in [6, 6.07) is 4.13. The molecule has 6 nitrogen and oxygen atoms in total. The number of aromatic amines is 1. The van der Waals surface area contributed by atoms with Gasteiger partial charge in [-0.25, -0.2) is 9.89 Å². The highest BCUT2D eigenvalue weighted by Gasteiger charge is 2.15. The highest BCUT2D eigenvalue weighted by Crippen LogP contribution is 2.25. The maximum atomic E-state index is 12.4. The molecule has 0 saturated heterocycles. The lowest BCUT2D eigenvalue weighted by Crippen LogP contribution is -2.24. The van der Waals surface area contributed by atoms with Gasteiger partial charge in [-0.1, -0.05) is 11.6 Å². The molecule has 0 saturated carbocycles. The highest BCUT2D eigenvalue weighted by molar-refractivity contribution is 6.30. The van der Waals surface area contributed by atoms with Crippen LogP contribution >= 0.6 is 11.6 Å². The van der Waals surface area contributed by atoms with E-state index in [1.54, 1.807) is 20.0 Å². The van der Waals surface area contributed by atoms with Crippen LogP contribution in [-0.4, -0.2) is 21.4 Å². The lowest BCUT2D eigenvalue weighted by molar-refractivity contribution is -0.0505. The molecule has 9 heteroatoms. The van der Waals surface area contributed by atoms with Crippen LogP contribution in [0.3, 0.4) is 0 Å². The van der Waals surface area contributed by atoms with E-state index in [4.69, 9.17) is 11.6 Å². The van der Waals surface area contributed by atoms with E-state index in [0.29, 0.717) is 16.4 Å². The second-order valence-corrected chi connectivity index (χ2v) is 5.12. The average molecular weight is 333 g/mol. The minimum atomic E-state index is -2.91. The van der Waals surface area contributed by atoms with Crippen LogP contribution in [0.15, 0.2) is 23.0 Å². The molecule has 2 N–H and O–H groups in total. The van der Waals surface area contributed by atoms with Gasteiger partial charge in [-0.15, -0.1) is 0 Å². The molecule has 0 amide bonds. The normalized spacial score (nSPS) is 12.6. The van der Waals surface area contributed by atoms with E-state index in [0.717, 1.165) is 0 Å². The Morgan fingerprint density at radius 2 is 2.23 bits per heavy atom. The van der Waals surface area contributed by atoms with Gasteiger partial charge in [0.1, 0.15) is 11.6 Å². The Morgan fingerprint density at radius 1 is 1.50 bits per heavy atom. The van der Waals surface area contributed by atoms with Gasteiger partial charge in [0, 0.05) is 24.2 Å². The SMILES string of the molecule is CC(NCc1cc(Cl)ccc1OC(F)F)c1n[nH]c(=O)n1C. The molecule has 2 rings (SSSR count). The number of ether oxygens (including phenoxy) is 1. The molecule has 1 aromatic carbocycles. The van der Waals surface area contributed by atoms with Crippen molar-refractivity contribution in [3.63, 3.8) is 0 Å². The summed E-state index contributed by atoms with van der Waals surface area (Å²) in [5.74, 6) is 0.554. The Hall–Kier alpha value is -1.93. The summed E-state index contributed by atoms with van der Waals surface area (Å²) in [5, 5.41) is 9.74. The predicted octanol–water partition coefficient (Wildman–Crippen LogP) is 2.21. The van der Waals surface area contributed by atoms with Crippen molar-refractivity contribution >= 4 is 11.6 Å². The van der Waals surface area contributed by atoms with E-state index in [1.807, 2.05) is 0 Å². The Labute approximate surface area is 130 Å². The predicted molar refractivity (Wildman–Crippen MR) is 77.2 cm³/mol. The first-order chi connectivity index (χ1) is 10.4. The van der Waals surface area contributed by atoms with Gasteiger partial charge >= 0.3 is 12.3 Å². The molecular formula is C13H15ClF2N4O2. The monoisotopic (exact) mass is 332 g/mol. The van der Waals surface area contributed by atoms with Crippen LogP contribution in [0.2, 0.25) is 5.02 Å². The third-order valence-corrected chi connectivity index (χ3v) is 3.37. The van der Waals surface area contributed by atoms with E-state index in [-0.39, 0.29) is 24.0 Å². The Morgan fingerprint density at radius 3 is 2.82 bits per heavy atom. The summed E-state index contributed by atoms with van der Waals surface area (Å²) in [4.78, 5) is 11.3. The molecule has 0 bridgehead atoms. The highest BCUT2D eigenvalue weighted by atomic mass is 35.5. The first-order valence-corrected chi connectivity index (χ1v) is 6.84.